The molecule has 0 fully saturated rings. The van der Waals surface area contributed by atoms with Crippen molar-refractivity contribution < 1.29 is 0 Å². The van der Waals surface area contributed by atoms with Gasteiger partial charge < -0.3 is 5.32 Å². The van der Waals surface area contributed by atoms with Crippen molar-refractivity contribution in [2.75, 3.05) is 0 Å². The molecular weight excluding hydrogens is 186 g/mol. The van der Waals surface area contributed by atoms with Crippen molar-refractivity contribution in [2.45, 2.75) is 53.1 Å². The Morgan fingerprint density at radius 2 is 1.93 bits per heavy atom. The fourth-order valence-corrected chi connectivity index (χ4v) is 1.90. The summed E-state index contributed by atoms with van der Waals surface area (Å²) in [6.07, 6.45) is 2.07. The smallest absolute Gasteiger partial charge is 0.0669 e. The summed E-state index contributed by atoms with van der Waals surface area (Å²) in [5.41, 5.74) is 4.00. The summed E-state index contributed by atoms with van der Waals surface area (Å²) >= 11 is 0. The molecule has 1 heterocycles. The van der Waals surface area contributed by atoms with Crippen LogP contribution in [0.4, 0.5) is 0 Å². The van der Waals surface area contributed by atoms with Gasteiger partial charge in [0.2, 0.25) is 0 Å². The number of hydrogen-bond donors (Lipinski definition) is 1. The molecule has 3 heteroatoms. The zero-order valence-electron chi connectivity index (χ0n) is 10.6. The van der Waals surface area contributed by atoms with Gasteiger partial charge in [-0.15, -0.1) is 0 Å². The van der Waals surface area contributed by atoms with Crippen molar-refractivity contribution >= 4 is 0 Å². The molecule has 0 aliphatic heterocycles. The number of nitrogens with one attached hydrogen (secondary N) is 1. The fourth-order valence-electron chi connectivity index (χ4n) is 1.90. The van der Waals surface area contributed by atoms with E-state index in [0.29, 0.717) is 6.04 Å². The molecule has 3 nitrogen and oxygen atoms in total. The lowest BCUT2D eigenvalue weighted by Crippen LogP contribution is -2.23. The largest absolute Gasteiger partial charge is 0.310 e. The molecule has 1 N–H and O–H groups in total. The lowest BCUT2D eigenvalue weighted by atomic mass is 10.1. The maximum absolute atomic E-state index is 4.55. The van der Waals surface area contributed by atoms with Gasteiger partial charge in [-0.25, -0.2) is 0 Å². The summed E-state index contributed by atoms with van der Waals surface area (Å²) in [4.78, 5) is 0. The van der Waals surface area contributed by atoms with E-state index in [-0.39, 0.29) is 0 Å². The van der Waals surface area contributed by atoms with E-state index in [1.54, 1.807) is 0 Å². The van der Waals surface area contributed by atoms with E-state index in [2.05, 4.69) is 38.1 Å². The molecule has 0 aliphatic rings. The van der Waals surface area contributed by atoms with Gasteiger partial charge in [0.15, 0.2) is 0 Å². The highest BCUT2D eigenvalue weighted by Gasteiger charge is 2.12. The Morgan fingerprint density at radius 3 is 2.40 bits per heavy atom. The van der Waals surface area contributed by atoms with Crippen molar-refractivity contribution in [1.82, 2.24) is 15.1 Å². The highest BCUT2D eigenvalue weighted by Crippen LogP contribution is 2.15. The molecule has 0 radical (unpaired) electrons. The van der Waals surface area contributed by atoms with Gasteiger partial charge >= 0.3 is 0 Å². The van der Waals surface area contributed by atoms with Gasteiger partial charge in [-0.1, -0.05) is 27.7 Å². The number of rotatable bonds is 5. The standard InChI is InChI=1S/C12H23N3/c1-6-11-10(8-13-9(3)4)12(7-2)15(5)14-11/h9,13H,6-8H2,1-5H3. The van der Waals surface area contributed by atoms with Gasteiger partial charge in [0.25, 0.3) is 0 Å². The minimum atomic E-state index is 0.527. The molecule has 0 aliphatic carbocycles. The van der Waals surface area contributed by atoms with Gasteiger partial charge in [0, 0.05) is 30.9 Å². The molecule has 1 rings (SSSR count). The van der Waals surface area contributed by atoms with Gasteiger partial charge in [0.1, 0.15) is 0 Å². The van der Waals surface area contributed by atoms with Crippen LogP contribution in [0.2, 0.25) is 0 Å². The minimum Gasteiger partial charge on any atom is -0.310 e. The molecule has 0 unspecified atom stereocenters. The third-order valence-electron chi connectivity index (χ3n) is 2.71. The lowest BCUT2D eigenvalue weighted by Gasteiger charge is -2.09. The first-order valence-electron chi connectivity index (χ1n) is 5.87. The second kappa shape index (κ2) is 5.31. The molecule has 0 amide bonds. The van der Waals surface area contributed by atoms with Crippen LogP contribution in [0.1, 0.15) is 44.6 Å². The molecule has 0 atom stereocenters. The van der Waals surface area contributed by atoms with Crippen LogP contribution in [0.15, 0.2) is 0 Å². The highest BCUT2D eigenvalue weighted by molar-refractivity contribution is 5.26. The van der Waals surface area contributed by atoms with E-state index in [4.69, 9.17) is 0 Å². The quantitative estimate of drug-likeness (QED) is 0.804. The van der Waals surface area contributed by atoms with E-state index in [9.17, 15) is 0 Å². The average Bonchev–Trinajstić information content (AvgIpc) is 2.50. The lowest BCUT2D eigenvalue weighted by molar-refractivity contribution is 0.583. The second-order valence-corrected chi connectivity index (χ2v) is 4.24. The number of aromatic nitrogens is 2. The van der Waals surface area contributed by atoms with Crippen LogP contribution in [-0.2, 0) is 26.4 Å². The average molecular weight is 209 g/mol. The van der Waals surface area contributed by atoms with Gasteiger partial charge in [-0.05, 0) is 12.8 Å². The maximum atomic E-state index is 4.55. The Kier molecular flexibility index (Phi) is 4.33. The van der Waals surface area contributed by atoms with E-state index >= 15 is 0 Å². The highest BCUT2D eigenvalue weighted by atomic mass is 15.3. The normalized spacial score (nSPS) is 11.3. The SMILES string of the molecule is CCc1nn(C)c(CC)c1CNC(C)C. The van der Waals surface area contributed by atoms with Crippen LogP contribution in [0, 0.1) is 0 Å². The third kappa shape index (κ3) is 2.81. The molecule has 0 saturated carbocycles. The van der Waals surface area contributed by atoms with Crippen LogP contribution in [0.3, 0.4) is 0 Å². The minimum absolute atomic E-state index is 0.527. The van der Waals surface area contributed by atoms with Gasteiger partial charge in [-0.3, -0.25) is 4.68 Å². The molecule has 1 aromatic rings. The molecule has 0 spiro atoms. The first-order valence-corrected chi connectivity index (χ1v) is 5.87. The zero-order valence-corrected chi connectivity index (χ0v) is 10.6. The summed E-state index contributed by atoms with van der Waals surface area (Å²) in [7, 11) is 2.04. The monoisotopic (exact) mass is 209 g/mol. The van der Waals surface area contributed by atoms with Crippen LogP contribution in [0.25, 0.3) is 0 Å². The Bertz CT molecular complexity index is 313. The van der Waals surface area contributed by atoms with Crippen molar-refractivity contribution in [3.8, 4) is 0 Å². The maximum Gasteiger partial charge on any atom is 0.0669 e. The van der Waals surface area contributed by atoms with Crippen LogP contribution in [-0.4, -0.2) is 15.8 Å². The van der Waals surface area contributed by atoms with E-state index in [1.165, 1.54) is 17.0 Å². The summed E-state index contributed by atoms with van der Waals surface area (Å²) in [6.45, 7) is 9.65. The predicted octanol–water partition coefficient (Wildman–Crippen LogP) is 2.04. The predicted molar refractivity (Wildman–Crippen MR) is 63.9 cm³/mol. The van der Waals surface area contributed by atoms with E-state index < -0.39 is 0 Å². The molecular formula is C12H23N3. The third-order valence-corrected chi connectivity index (χ3v) is 2.71. The second-order valence-electron chi connectivity index (χ2n) is 4.24. The Morgan fingerprint density at radius 1 is 1.27 bits per heavy atom. The van der Waals surface area contributed by atoms with Gasteiger partial charge in [0.05, 0.1) is 5.69 Å². The first kappa shape index (κ1) is 12.2. The van der Waals surface area contributed by atoms with E-state index in [1.807, 2.05) is 11.7 Å². The van der Waals surface area contributed by atoms with Crippen molar-refractivity contribution in [3.05, 3.63) is 17.0 Å². The summed E-state index contributed by atoms with van der Waals surface area (Å²) in [5, 5.41) is 8.03. The summed E-state index contributed by atoms with van der Waals surface area (Å²) < 4.78 is 2.02. The Balaban J connectivity index is 2.91. The Hall–Kier alpha value is -0.830. The van der Waals surface area contributed by atoms with Crippen molar-refractivity contribution in [1.29, 1.82) is 0 Å². The van der Waals surface area contributed by atoms with Crippen LogP contribution < -0.4 is 5.32 Å². The summed E-state index contributed by atoms with van der Waals surface area (Å²) in [6, 6.07) is 0.527. The van der Waals surface area contributed by atoms with E-state index in [0.717, 1.165) is 19.4 Å². The van der Waals surface area contributed by atoms with Crippen molar-refractivity contribution in [3.63, 3.8) is 0 Å². The van der Waals surface area contributed by atoms with Gasteiger partial charge in [-0.2, -0.15) is 5.10 Å². The van der Waals surface area contributed by atoms with Crippen LogP contribution >= 0.6 is 0 Å². The molecule has 0 bridgehead atoms. The first-order chi connectivity index (χ1) is 7.10. The molecule has 15 heavy (non-hydrogen) atoms. The van der Waals surface area contributed by atoms with Crippen molar-refractivity contribution in [2.24, 2.45) is 7.05 Å². The topological polar surface area (TPSA) is 29.9 Å². The summed E-state index contributed by atoms with van der Waals surface area (Å²) in [5.74, 6) is 0. The zero-order chi connectivity index (χ0) is 11.4. The molecule has 0 saturated heterocycles. The number of aryl methyl sites for hydroxylation is 2. The Labute approximate surface area is 92.9 Å². The number of hydrogen-bond acceptors (Lipinski definition) is 2. The molecule has 0 aromatic carbocycles. The molecule has 1 aromatic heterocycles. The molecule has 86 valence electrons. The fraction of sp³-hybridized carbons (Fsp3) is 0.750. The number of nitrogens with zero attached hydrogens (tertiary/aromatic N) is 2. The van der Waals surface area contributed by atoms with Crippen LogP contribution in [0.5, 0.6) is 0 Å².